The Morgan fingerprint density at radius 1 is 0.828 bits per heavy atom. The third kappa shape index (κ3) is 2.91. The number of nitrogens with zero attached hydrogens (tertiary/aromatic N) is 4. The molecule has 5 heteroatoms. The maximum atomic E-state index is 10.2. The zero-order valence-corrected chi connectivity index (χ0v) is 16.4. The highest BCUT2D eigenvalue weighted by Crippen LogP contribution is 2.40. The Bertz CT molecular complexity index is 1200. The van der Waals surface area contributed by atoms with Crippen molar-refractivity contribution in [3.8, 4) is 22.7 Å². The summed E-state index contributed by atoms with van der Waals surface area (Å²) in [5.74, 6) is 0.218. The first-order chi connectivity index (χ1) is 14.1. The molecule has 0 amide bonds. The molecule has 0 atom stereocenters. The Labute approximate surface area is 170 Å². The number of fused-ring (bicyclic) bond motifs is 1. The highest BCUT2D eigenvalue weighted by Gasteiger charge is 2.24. The molecule has 0 aliphatic carbocycles. The lowest BCUT2D eigenvalue weighted by atomic mass is 10.1. The molecule has 1 aliphatic rings. The van der Waals surface area contributed by atoms with E-state index in [1.165, 1.54) is 11.4 Å². The fraction of sp³-hybridized carbons (Fsp3) is 0.125. The van der Waals surface area contributed by atoms with Crippen LogP contribution >= 0.6 is 0 Å². The van der Waals surface area contributed by atoms with Gasteiger partial charge in [-0.05, 0) is 49.4 Å². The standard InChI is InChI=1S/C24H22N4O/c1-17-14-20(25-28(17)23-12-5-6-13-24(23)29)18-8-7-9-19(15-18)27-16-26(2)21-10-3-4-11-22(21)27/h3-15,29H,16H2,1-2H3. The van der Waals surface area contributed by atoms with Gasteiger partial charge in [-0.25, -0.2) is 4.68 Å². The number of para-hydroxylation sites is 4. The average molecular weight is 382 g/mol. The van der Waals surface area contributed by atoms with Gasteiger partial charge in [-0.15, -0.1) is 0 Å². The van der Waals surface area contributed by atoms with E-state index in [1.807, 2.05) is 25.1 Å². The smallest absolute Gasteiger partial charge is 0.141 e. The minimum Gasteiger partial charge on any atom is -0.506 e. The van der Waals surface area contributed by atoms with Crippen LogP contribution in [-0.4, -0.2) is 28.6 Å². The van der Waals surface area contributed by atoms with Crippen LogP contribution in [0, 0.1) is 6.92 Å². The van der Waals surface area contributed by atoms with E-state index in [4.69, 9.17) is 5.10 Å². The normalized spacial score (nSPS) is 13.0. The van der Waals surface area contributed by atoms with Gasteiger partial charge in [0.15, 0.2) is 0 Å². The summed E-state index contributed by atoms with van der Waals surface area (Å²) in [5.41, 5.74) is 7.16. The van der Waals surface area contributed by atoms with Crippen LogP contribution in [0.25, 0.3) is 16.9 Å². The summed E-state index contributed by atoms with van der Waals surface area (Å²) in [6, 6.07) is 26.2. The number of aromatic nitrogens is 2. The third-order valence-corrected chi connectivity index (χ3v) is 5.39. The predicted octanol–water partition coefficient (Wildman–Crippen LogP) is 5.10. The molecular weight excluding hydrogens is 360 g/mol. The number of anilines is 3. The number of benzene rings is 3. The van der Waals surface area contributed by atoms with Crippen molar-refractivity contribution in [3.05, 3.63) is 84.6 Å². The van der Waals surface area contributed by atoms with Crippen LogP contribution in [0.3, 0.4) is 0 Å². The van der Waals surface area contributed by atoms with Crippen LogP contribution in [0.15, 0.2) is 78.9 Å². The molecule has 0 saturated heterocycles. The van der Waals surface area contributed by atoms with Crippen molar-refractivity contribution in [1.29, 1.82) is 0 Å². The second kappa shape index (κ2) is 6.71. The number of rotatable bonds is 3. The molecule has 29 heavy (non-hydrogen) atoms. The zero-order valence-electron chi connectivity index (χ0n) is 16.4. The van der Waals surface area contributed by atoms with Crippen molar-refractivity contribution in [2.75, 3.05) is 23.5 Å². The number of phenolic OH excluding ortho intramolecular Hbond substituents is 1. The Hall–Kier alpha value is -3.73. The third-order valence-electron chi connectivity index (χ3n) is 5.39. The van der Waals surface area contributed by atoms with Gasteiger partial charge >= 0.3 is 0 Å². The molecule has 0 bridgehead atoms. The van der Waals surface area contributed by atoms with E-state index in [1.54, 1.807) is 10.7 Å². The van der Waals surface area contributed by atoms with Crippen LogP contribution in [0.5, 0.6) is 5.75 Å². The fourth-order valence-electron chi connectivity index (χ4n) is 3.94. The van der Waals surface area contributed by atoms with E-state index in [2.05, 4.69) is 71.4 Å². The van der Waals surface area contributed by atoms with Crippen molar-refractivity contribution in [1.82, 2.24) is 9.78 Å². The summed E-state index contributed by atoms with van der Waals surface area (Å²) in [7, 11) is 2.11. The molecule has 1 N–H and O–H groups in total. The molecule has 3 aromatic carbocycles. The Morgan fingerprint density at radius 2 is 1.55 bits per heavy atom. The van der Waals surface area contributed by atoms with Crippen molar-refractivity contribution >= 4 is 17.1 Å². The van der Waals surface area contributed by atoms with Crippen LogP contribution in [0.1, 0.15) is 5.69 Å². The largest absolute Gasteiger partial charge is 0.506 e. The Balaban J connectivity index is 1.54. The van der Waals surface area contributed by atoms with Crippen LogP contribution in [-0.2, 0) is 0 Å². The monoisotopic (exact) mass is 382 g/mol. The van der Waals surface area contributed by atoms with E-state index < -0.39 is 0 Å². The fourth-order valence-corrected chi connectivity index (χ4v) is 3.94. The molecule has 0 spiro atoms. The molecule has 4 aromatic rings. The summed E-state index contributed by atoms with van der Waals surface area (Å²) in [6.45, 7) is 2.81. The summed E-state index contributed by atoms with van der Waals surface area (Å²) in [6.07, 6.45) is 0. The van der Waals surface area contributed by atoms with E-state index in [-0.39, 0.29) is 5.75 Å². The van der Waals surface area contributed by atoms with Gasteiger partial charge in [0, 0.05) is 24.0 Å². The summed E-state index contributed by atoms with van der Waals surface area (Å²) in [4.78, 5) is 4.56. The lowest BCUT2D eigenvalue weighted by Gasteiger charge is -2.20. The van der Waals surface area contributed by atoms with Crippen LogP contribution in [0.4, 0.5) is 17.1 Å². The minimum atomic E-state index is 0.218. The zero-order chi connectivity index (χ0) is 20.0. The molecule has 0 fully saturated rings. The SMILES string of the molecule is Cc1cc(-c2cccc(N3CN(C)c4ccccc43)c2)nn1-c1ccccc1O. The maximum absolute atomic E-state index is 10.2. The van der Waals surface area contributed by atoms with Crippen molar-refractivity contribution in [2.24, 2.45) is 0 Å². The highest BCUT2D eigenvalue weighted by molar-refractivity contribution is 5.83. The lowest BCUT2D eigenvalue weighted by Crippen LogP contribution is -2.23. The lowest BCUT2D eigenvalue weighted by molar-refractivity contribution is 0.470. The molecule has 0 saturated carbocycles. The molecule has 1 aromatic heterocycles. The molecule has 2 heterocycles. The van der Waals surface area contributed by atoms with E-state index in [9.17, 15) is 5.11 Å². The molecule has 144 valence electrons. The quantitative estimate of drug-likeness (QED) is 0.535. The minimum absolute atomic E-state index is 0.218. The number of phenols is 1. The van der Waals surface area contributed by atoms with Gasteiger partial charge < -0.3 is 14.9 Å². The number of hydrogen-bond donors (Lipinski definition) is 1. The van der Waals surface area contributed by atoms with Gasteiger partial charge in [-0.2, -0.15) is 5.10 Å². The van der Waals surface area contributed by atoms with Crippen molar-refractivity contribution in [2.45, 2.75) is 6.92 Å². The van der Waals surface area contributed by atoms with Gasteiger partial charge in [0.05, 0.1) is 23.7 Å². The second-order valence-electron chi connectivity index (χ2n) is 7.38. The number of hydrogen-bond acceptors (Lipinski definition) is 4. The van der Waals surface area contributed by atoms with Gasteiger partial charge in [-0.1, -0.05) is 36.4 Å². The second-order valence-corrected chi connectivity index (χ2v) is 7.38. The summed E-state index contributed by atoms with van der Waals surface area (Å²) < 4.78 is 1.79. The van der Waals surface area contributed by atoms with Gasteiger partial charge in [0.25, 0.3) is 0 Å². The molecule has 0 radical (unpaired) electrons. The van der Waals surface area contributed by atoms with E-state index in [0.29, 0.717) is 5.69 Å². The van der Waals surface area contributed by atoms with Gasteiger partial charge in [0.2, 0.25) is 0 Å². The molecule has 5 nitrogen and oxygen atoms in total. The topological polar surface area (TPSA) is 44.5 Å². The van der Waals surface area contributed by atoms with Crippen LogP contribution in [0.2, 0.25) is 0 Å². The number of aryl methyl sites for hydroxylation is 1. The maximum Gasteiger partial charge on any atom is 0.141 e. The summed E-state index contributed by atoms with van der Waals surface area (Å²) in [5, 5.41) is 15.0. The van der Waals surface area contributed by atoms with E-state index in [0.717, 1.165) is 29.3 Å². The Kier molecular flexibility index (Phi) is 4.02. The van der Waals surface area contributed by atoms with Crippen LogP contribution < -0.4 is 9.80 Å². The molecular formula is C24H22N4O. The Morgan fingerprint density at radius 3 is 2.34 bits per heavy atom. The number of aromatic hydroxyl groups is 1. The highest BCUT2D eigenvalue weighted by atomic mass is 16.3. The first kappa shape index (κ1) is 17.4. The van der Waals surface area contributed by atoms with Crippen molar-refractivity contribution in [3.63, 3.8) is 0 Å². The van der Waals surface area contributed by atoms with Crippen molar-refractivity contribution < 1.29 is 5.11 Å². The van der Waals surface area contributed by atoms with E-state index >= 15 is 0 Å². The molecule has 1 aliphatic heterocycles. The first-order valence-corrected chi connectivity index (χ1v) is 9.65. The first-order valence-electron chi connectivity index (χ1n) is 9.65. The molecule has 0 unspecified atom stereocenters. The van der Waals surface area contributed by atoms with Gasteiger partial charge in [-0.3, -0.25) is 0 Å². The summed E-state index contributed by atoms with van der Waals surface area (Å²) >= 11 is 0. The molecule has 5 rings (SSSR count). The predicted molar refractivity (Wildman–Crippen MR) is 117 cm³/mol. The van der Waals surface area contributed by atoms with Gasteiger partial charge in [0.1, 0.15) is 11.4 Å². The average Bonchev–Trinajstić information content (AvgIpc) is 3.29.